The number of hydrogen-bond donors (Lipinski definition) is 0. The molecule has 2 aliphatic carbocycles. The number of nitrogens with zero attached hydrogens (tertiary/aromatic N) is 1. The normalized spacial score (nSPS) is 14.6. The van der Waals surface area contributed by atoms with Crippen molar-refractivity contribution in [2.75, 3.05) is 4.90 Å². The zero-order chi connectivity index (χ0) is 37.3. The maximum absolute atomic E-state index is 6.85. The van der Waals surface area contributed by atoms with Gasteiger partial charge in [0.25, 0.3) is 0 Å². The summed E-state index contributed by atoms with van der Waals surface area (Å²) < 4.78 is 13.4. The molecule has 12 rings (SSSR count). The highest BCUT2D eigenvalue weighted by molar-refractivity contribution is 6.14. The average Bonchev–Trinajstić information content (AvgIpc) is 3.94. The van der Waals surface area contributed by atoms with Gasteiger partial charge in [0.1, 0.15) is 22.3 Å². The highest BCUT2D eigenvalue weighted by Gasteiger charge is 2.42. The smallest absolute Gasteiger partial charge is 0.137 e. The second kappa shape index (κ2) is 11.1. The summed E-state index contributed by atoms with van der Waals surface area (Å²) in [5.41, 5.74) is 17.7. The quantitative estimate of drug-likeness (QED) is 0.181. The van der Waals surface area contributed by atoms with Crippen LogP contribution in [0.5, 0.6) is 0 Å². The van der Waals surface area contributed by atoms with E-state index in [0.29, 0.717) is 0 Å². The molecule has 0 atom stereocenters. The van der Waals surface area contributed by atoms with E-state index in [2.05, 4.69) is 189 Å². The van der Waals surface area contributed by atoms with E-state index in [1.165, 1.54) is 50.1 Å². The highest BCUT2D eigenvalue weighted by Crippen LogP contribution is 2.56. The molecule has 8 aromatic carbocycles. The van der Waals surface area contributed by atoms with E-state index in [1.807, 2.05) is 6.07 Å². The molecule has 56 heavy (non-hydrogen) atoms. The van der Waals surface area contributed by atoms with E-state index in [4.69, 9.17) is 8.83 Å². The molecule has 0 amide bonds. The molecular formula is C53H37NO2. The molecule has 3 nitrogen and oxygen atoms in total. The molecule has 266 valence electrons. The first-order chi connectivity index (χ1) is 27.4. The van der Waals surface area contributed by atoms with Crippen molar-refractivity contribution in [1.82, 2.24) is 0 Å². The van der Waals surface area contributed by atoms with Gasteiger partial charge in [0.15, 0.2) is 0 Å². The van der Waals surface area contributed by atoms with E-state index in [-0.39, 0.29) is 5.41 Å². The van der Waals surface area contributed by atoms with Crippen LogP contribution in [-0.2, 0) is 10.8 Å². The van der Waals surface area contributed by atoms with Crippen molar-refractivity contribution < 1.29 is 8.83 Å². The van der Waals surface area contributed by atoms with Crippen molar-refractivity contribution in [2.24, 2.45) is 0 Å². The predicted molar refractivity (Wildman–Crippen MR) is 231 cm³/mol. The molecule has 2 aliphatic rings. The molecule has 0 bridgehead atoms. The van der Waals surface area contributed by atoms with E-state index in [0.717, 1.165) is 60.9 Å². The van der Waals surface area contributed by atoms with Gasteiger partial charge in [-0.15, -0.1) is 0 Å². The van der Waals surface area contributed by atoms with Crippen LogP contribution in [0, 0.1) is 0 Å². The molecule has 0 saturated carbocycles. The van der Waals surface area contributed by atoms with Crippen molar-refractivity contribution in [2.45, 2.75) is 31.6 Å². The van der Waals surface area contributed by atoms with Gasteiger partial charge in [-0.1, -0.05) is 129 Å². The Morgan fingerprint density at radius 3 is 1.64 bits per heavy atom. The lowest BCUT2D eigenvalue weighted by molar-refractivity contribution is 0.660. The molecule has 3 heteroatoms. The second-order valence-corrected chi connectivity index (χ2v) is 16.2. The van der Waals surface area contributed by atoms with Crippen molar-refractivity contribution in [3.05, 3.63) is 198 Å². The van der Waals surface area contributed by atoms with Gasteiger partial charge in [0.05, 0.1) is 11.1 Å². The molecule has 0 saturated heterocycles. The molecule has 2 aromatic heterocycles. The Morgan fingerprint density at radius 2 is 0.911 bits per heavy atom. The Bertz CT molecular complexity index is 3220. The van der Waals surface area contributed by atoms with Crippen molar-refractivity contribution in [3.8, 4) is 22.3 Å². The van der Waals surface area contributed by atoms with Crippen molar-refractivity contribution in [3.63, 3.8) is 0 Å². The predicted octanol–water partition coefficient (Wildman–Crippen LogP) is 14.6. The van der Waals surface area contributed by atoms with Crippen LogP contribution in [0.4, 0.5) is 17.1 Å². The third kappa shape index (κ3) is 4.12. The fraction of sp³-hybridized carbons (Fsp3) is 0.0943. The SMILES string of the molecule is CC1(C)c2ccccc2-c2ccc(N(c3ccc4c(c3)oc3ccccc34)c3cc(C4(C)c5ccccc5-c5ccccc54)cc4oc5ccccc5c34)cc21. The fourth-order valence-corrected chi connectivity index (χ4v) is 10.2. The molecule has 0 aliphatic heterocycles. The summed E-state index contributed by atoms with van der Waals surface area (Å²) in [7, 11) is 0. The minimum absolute atomic E-state index is 0.166. The first-order valence-corrected chi connectivity index (χ1v) is 19.5. The zero-order valence-electron chi connectivity index (χ0n) is 31.4. The standard InChI is InChI=1S/C53H37NO2/c1-52(2)42-19-9-4-14-35(42)38-26-24-33(30-45(38)52)54(34-25-27-40-39-17-7-12-22-47(39)55-49(40)31-34)46-28-32(29-50-51(46)41-18-8-13-23-48(41)56-50)53(3)43-20-10-5-15-36(43)37-16-6-11-21-44(37)53/h4-31H,1-3H3. The summed E-state index contributed by atoms with van der Waals surface area (Å²) in [5, 5.41) is 4.40. The van der Waals surface area contributed by atoms with Gasteiger partial charge in [0.2, 0.25) is 0 Å². The number of anilines is 3. The number of fused-ring (bicyclic) bond motifs is 12. The first-order valence-electron chi connectivity index (χ1n) is 19.5. The Hall–Kier alpha value is -6.84. The number of hydrogen-bond acceptors (Lipinski definition) is 3. The number of para-hydroxylation sites is 2. The fourth-order valence-electron chi connectivity index (χ4n) is 10.2. The largest absolute Gasteiger partial charge is 0.456 e. The van der Waals surface area contributed by atoms with Gasteiger partial charge in [-0.05, 0) is 106 Å². The number of rotatable bonds is 4. The maximum Gasteiger partial charge on any atom is 0.137 e. The lowest BCUT2D eigenvalue weighted by Crippen LogP contribution is -2.23. The van der Waals surface area contributed by atoms with Crippen molar-refractivity contribution >= 4 is 60.9 Å². The average molecular weight is 720 g/mol. The third-order valence-electron chi connectivity index (χ3n) is 12.9. The molecule has 0 radical (unpaired) electrons. The lowest BCUT2D eigenvalue weighted by Gasteiger charge is -2.32. The molecule has 2 heterocycles. The molecule has 0 unspecified atom stereocenters. The van der Waals surface area contributed by atoms with Gasteiger partial charge in [0, 0.05) is 44.4 Å². The molecule has 0 fully saturated rings. The van der Waals surface area contributed by atoms with Crippen LogP contribution in [-0.4, -0.2) is 0 Å². The Morgan fingerprint density at radius 1 is 0.393 bits per heavy atom. The van der Waals surface area contributed by atoms with Crippen LogP contribution in [0.1, 0.15) is 48.6 Å². The summed E-state index contributed by atoms with van der Waals surface area (Å²) in [6, 6.07) is 61.8. The molecular weight excluding hydrogens is 683 g/mol. The monoisotopic (exact) mass is 719 g/mol. The zero-order valence-corrected chi connectivity index (χ0v) is 31.4. The third-order valence-corrected chi connectivity index (χ3v) is 12.9. The summed E-state index contributed by atoms with van der Waals surface area (Å²) in [6.45, 7) is 7.08. The van der Waals surface area contributed by atoms with Crippen LogP contribution in [0.2, 0.25) is 0 Å². The van der Waals surface area contributed by atoms with Gasteiger partial charge in [-0.3, -0.25) is 0 Å². The Kier molecular flexibility index (Phi) is 6.25. The van der Waals surface area contributed by atoms with Gasteiger partial charge < -0.3 is 13.7 Å². The Labute approximate surface area is 325 Å². The second-order valence-electron chi connectivity index (χ2n) is 16.2. The van der Waals surface area contributed by atoms with Crippen LogP contribution < -0.4 is 4.90 Å². The van der Waals surface area contributed by atoms with Crippen LogP contribution in [0.25, 0.3) is 66.1 Å². The van der Waals surface area contributed by atoms with Gasteiger partial charge >= 0.3 is 0 Å². The van der Waals surface area contributed by atoms with E-state index >= 15 is 0 Å². The first kappa shape index (κ1) is 31.5. The van der Waals surface area contributed by atoms with Gasteiger partial charge in [-0.25, -0.2) is 0 Å². The van der Waals surface area contributed by atoms with E-state index in [1.54, 1.807) is 0 Å². The maximum atomic E-state index is 6.85. The minimum atomic E-state index is -0.426. The number of furan rings is 2. The molecule has 10 aromatic rings. The van der Waals surface area contributed by atoms with Crippen LogP contribution >= 0.6 is 0 Å². The molecule has 0 N–H and O–H groups in total. The van der Waals surface area contributed by atoms with Crippen LogP contribution in [0.3, 0.4) is 0 Å². The summed E-state index contributed by atoms with van der Waals surface area (Å²) >= 11 is 0. The number of benzene rings is 8. The van der Waals surface area contributed by atoms with Crippen molar-refractivity contribution in [1.29, 1.82) is 0 Å². The Balaban J connectivity index is 1.18. The molecule has 0 spiro atoms. The summed E-state index contributed by atoms with van der Waals surface area (Å²) in [4.78, 5) is 2.44. The highest BCUT2D eigenvalue weighted by atomic mass is 16.3. The van der Waals surface area contributed by atoms with E-state index < -0.39 is 5.41 Å². The van der Waals surface area contributed by atoms with E-state index in [9.17, 15) is 0 Å². The summed E-state index contributed by atoms with van der Waals surface area (Å²) in [5.74, 6) is 0. The summed E-state index contributed by atoms with van der Waals surface area (Å²) in [6.07, 6.45) is 0. The van der Waals surface area contributed by atoms with Crippen LogP contribution in [0.15, 0.2) is 179 Å². The topological polar surface area (TPSA) is 29.5 Å². The lowest BCUT2D eigenvalue weighted by atomic mass is 9.74. The van der Waals surface area contributed by atoms with Gasteiger partial charge in [-0.2, -0.15) is 0 Å². The minimum Gasteiger partial charge on any atom is -0.456 e.